The van der Waals surface area contributed by atoms with E-state index in [9.17, 15) is 4.79 Å². The van der Waals surface area contributed by atoms with Crippen molar-refractivity contribution in [3.63, 3.8) is 0 Å². The minimum absolute atomic E-state index is 0.0354. The standard InChI is InChI=1S/C12H9Cl2N3O2/c13-9-6-10(17-12(14)15-9)16-11(18)7-19-8-4-2-1-3-5-8/h1-6H,7H2,(H,15,16,17,18). The topological polar surface area (TPSA) is 64.1 Å². The molecule has 2 rings (SSSR count). The van der Waals surface area contributed by atoms with Gasteiger partial charge in [0.05, 0.1) is 0 Å². The van der Waals surface area contributed by atoms with E-state index in [2.05, 4.69) is 15.3 Å². The molecular weight excluding hydrogens is 289 g/mol. The van der Waals surface area contributed by atoms with Gasteiger partial charge in [-0.3, -0.25) is 4.79 Å². The molecule has 0 unspecified atom stereocenters. The van der Waals surface area contributed by atoms with Crippen LogP contribution < -0.4 is 10.1 Å². The summed E-state index contributed by atoms with van der Waals surface area (Å²) in [6.07, 6.45) is 0. The zero-order valence-corrected chi connectivity index (χ0v) is 11.1. The lowest BCUT2D eigenvalue weighted by Gasteiger charge is -2.07. The molecule has 98 valence electrons. The molecule has 2 aromatic rings. The normalized spacial score (nSPS) is 10.0. The number of hydrogen-bond acceptors (Lipinski definition) is 4. The van der Waals surface area contributed by atoms with Crippen LogP contribution in [-0.2, 0) is 4.79 Å². The minimum Gasteiger partial charge on any atom is -0.484 e. The highest BCUT2D eigenvalue weighted by molar-refractivity contribution is 6.32. The van der Waals surface area contributed by atoms with Gasteiger partial charge in [0.25, 0.3) is 5.91 Å². The average Bonchev–Trinajstić information content (AvgIpc) is 2.36. The summed E-state index contributed by atoms with van der Waals surface area (Å²) in [4.78, 5) is 19.1. The van der Waals surface area contributed by atoms with E-state index in [0.29, 0.717) is 5.75 Å². The van der Waals surface area contributed by atoms with Gasteiger partial charge < -0.3 is 10.1 Å². The first kappa shape index (κ1) is 13.6. The van der Waals surface area contributed by atoms with Crippen LogP contribution in [0.25, 0.3) is 0 Å². The van der Waals surface area contributed by atoms with Gasteiger partial charge in [0.15, 0.2) is 6.61 Å². The number of ether oxygens (including phenoxy) is 1. The number of nitrogens with zero attached hydrogens (tertiary/aromatic N) is 2. The molecule has 7 heteroatoms. The molecule has 1 heterocycles. The monoisotopic (exact) mass is 297 g/mol. The summed E-state index contributed by atoms with van der Waals surface area (Å²) >= 11 is 11.3. The molecule has 0 fully saturated rings. The molecule has 0 aliphatic carbocycles. The van der Waals surface area contributed by atoms with E-state index in [1.54, 1.807) is 12.1 Å². The summed E-state index contributed by atoms with van der Waals surface area (Å²) in [5, 5.41) is 2.63. The number of amides is 1. The van der Waals surface area contributed by atoms with E-state index in [-0.39, 0.29) is 28.8 Å². The lowest BCUT2D eigenvalue weighted by Crippen LogP contribution is -2.20. The Hall–Kier alpha value is -1.85. The highest BCUT2D eigenvalue weighted by atomic mass is 35.5. The summed E-state index contributed by atoms with van der Waals surface area (Å²) in [5.41, 5.74) is 0. The number of anilines is 1. The third-order valence-electron chi connectivity index (χ3n) is 2.05. The fourth-order valence-corrected chi connectivity index (χ4v) is 1.71. The largest absolute Gasteiger partial charge is 0.484 e. The first-order valence-electron chi connectivity index (χ1n) is 5.31. The van der Waals surface area contributed by atoms with E-state index >= 15 is 0 Å². The van der Waals surface area contributed by atoms with E-state index in [4.69, 9.17) is 27.9 Å². The van der Waals surface area contributed by atoms with Crippen molar-refractivity contribution in [1.82, 2.24) is 9.97 Å². The second-order valence-electron chi connectivity index (χ2n) is 3.49. The fourth-order valence-electron chi connectivity index (χ4n) is 1.30. The smallest absolute Gasteiger partial charge is 0.263 e. The van der Waals surface area contributed by atoms with Gasteiger partial charge in [-0.05, 0) is 23.7 Å². The molecule has 1 aromatic carbocycles. The van der Waals surface area contributed by atoms with Crippen molar-refractivity contribution in [2.75, 3.05) is 11.9 Å². The van der Waals surface area contributed by atoms with Gasteiger partial charge in [-0.1, -0.05) is 29.8 Å². The molecule has 1 N–H and O–H groups in total. The molecule has 0 bridgehead atoms. The Kier molecular flexibility index (Phi) is 4.54. The highest BCUT2D eigenvalue weighted by Crippen LogP contribution is 2.14. The maximum atomic E-state index is 11.6. The first-order chi connectivity index (χ1) is 9.13. The number of hydrogen-bond donors (Lipinski definition) is 1. The first-order valence-corrected chi connectivity index (χ1v) is 6.07. The molecule has 0 saturated heterocycles. The van der Waals surface area contributed by atoms with Gasteiger partial charge >= 0.3 is 0 Å². The van der Waals surface area contributed by atoms with Gasteiger partial charge in [0, 0.05) is 6.07 Å². The third kappa shape index (κ3) is 4.39. The second kappa shape index (κ2) is 6.36. The third-order valence-corrected chi connectivity index (χ3v) is 2.41. The summed E-state index contributed by atoms with van der Waals surface area (Å²) in [7, 11) is 0. The van der Waals surface area contributed by atoms with Crippen molar-refractivity contribution in [2.24, 2.45) is 0 Å². The molecule has 0 atom stereocenters. The van der Waals surface area contributed by atoms with Crippen LogP contribution in [0.5, 0.6) is 5.75 Å². The Balaban J connectivity index is 1.91. The number of aromatic nitrogens is 2. The minimum atomic E-state index is -0.366. The average molecular weight is 298 g/mol. The van der Waals surface area contributed by atoms with Gasteiger partial charge in [-0.2, -0.15) is 0 Å². The second-order valence-corrected chi connectivity index (χ2v) is 4.22. The SMILES string of the molecule is O=C(COc1ccccc1)Nc1cc(Cl)nc(Cl)n1. The fraction of sp³-hybridized carbons (Fsp3) is 0.0833. The Bertz CT molecular complexity index is 558. The number of para-hydroxylation sites is 1. The van der Waals surface area contributed by atoms with E-state index in [1.807, 2.05) is 18.2 Å². The Morgan fingerprint density at radius 2 is 1.95 bits per heavy atom. The molecule has 5 nitrogen and oxygen atoms in total. The van der Waals surface area contributed by atoms with Crippen LogP contribution in [-0.4, -0.2) is 22.5 Å². The maximum Gasteiger partial charge on any atom is 0.263 e. The Labute approximate surface area is 119 Å². The van der Waals surface area contributed by atoms with E-state index < -0.39 is 0 Å². The van der Waals surface area contributed by atoms with Crippen molar-refractivity contribution in [3.05, 3.63) is 46.8 Å². The molecule has 1 amide bonds. The Morgan fingerprint density at radius 1 is 1.21 bits per heavy atom. The van der Waals surface area contributed by atoms with Crippen molar-refractivity contribution in [3.8, 4) is 5.75 Å². The van der Waals surface area contributed by atoms with Crippen molar-refractivity contribution in [2.45, 2.75) is 0 Å². The van der Waals surface area contributed by atoms with Crippen LogP contribution in [0, 0.1) is 0 Å². The summed E-state index contributed by atoms with van der Waals surface area (Å²) in [6, 6.07) is 10.4. The number of rotatable bonds is 4. The van der Waals surface area contributed by atoms with Gasteiger partial charge in [0.2, 0.25) is 5.28 Å². The van der Waals surface area contributed by atoms with Crippen LogP contribution in [0.15, 0.2) is 36.4 Å². The van der Waals surface area contributed by atoms with Crippen molar-refractivity contribution in [1.29, 1.82) is 0 Å². The molecule has 0 aliphatic heterocycles. The molecule has 1 aromatic heterocycles. The quantitative estimate of drug-likeness (QED) is 0.696. The van der Waals surface area contributed by atoms with E-state index in [1.165, 1.54) is 6.07 Å². The van der Waals surface area contributed by atoms with Crippen LogP contribution >= 0.6 is 23.2 Å². The van der Waals surface area contributed by atoms with Crippen molar-refractivity contribution >= 4 is 34.9 Å². The van der Waals surface area contributed by atoms with Gasteiger partial charge in [-0.25, -0.2) is 9.97 Å². The van der Waals surface area contributed by atoms with E-state index in [0.717, 1.165) is 0 Å². The number of carbonyl (C=O) groups is 1. The highest BCUT2D eigenvalue weighted by Gasteiger charge is 2.07. The molecule has 0 saturated carbocycles. The van der Waals surface area contributed by atoms with Crippen LogP contribution in [0.4, 0.5) is 5.82 Å². The predicted octanol–water partition coefficient (Wildman–Crippen LogP) is 2.80. The maximum absolute atomic E-state index is 11.6. The van der Waals surface area contributed by atoms with Gasteiger partial charge in [-0.15, -0.1) is 0 Å². The lowest BCUT2D eigenvalue weighted by atomic mass is 10.3. The number of halogens is 2. The molecule has 19 heavy (non-hydrogen) atoms. The van der Waals surface area contributed by atoms with Crippen molar-refractivity contribution < 1.29 is 9.53 Å². The number of nitrogens with one attached hydrogen (secondary N) is 1. The zero-order valence-electron chi connectivity index (χ0n) is 9.64. The predicted molar refractivity (Wildman–Crippen MR) is 72.6 cm³/mol. The van der Waals surface area contributed by atoms with Gasteiger partial charge in [0.1, 0.15) is 16.7 Å². The van der Waals surface area contributed by atoms with Crippen LogP contribution in [0.2, 0.25) is 10.4 Å². The summed E-state index contributed by atoms with van der Waals surface area (Å²) < 4.78 is 5.28. The molecule has 0 spiro atoms. The van der Waals surface area contributed by atoms with Crippen LogP contribution in [0.3, 0.4) is 0 Å². The molecule has 0 aliphatic rings. The zero-order chi connectivity index (χ0) is 13.7. The molecular formula is C12H9Cl2N3O2. The Morgan fingerprint density at radius 3 is 2.63 bits per heavy atom. The summed E-state index contributed by atoms with van der Waals surface area (Å²) in [5.74, 6) is 0.470. The molecule has 0 radical (unpaired) electrons. The number of carbonyl (C=O) groups excluding carboxylic acids is 1. The lowest BCUT2D eigenvalue weighted by molar-refractivity contribution is -0.118. The van der Waals surface area contributed by atoms with Crippen LogP contribution in [0.1, 0.15) is 0 Å². The number of benzene rings is 1. The summed E-state index contributed by atoms with van der Waals surface area (Å²) in [6.45, 7) is -0.136.